The van der Waals surface area contributed by atoms with E-state index in [0.29, 0.717) is 0 Å². The van der Waals surface area contributed by atoms with Crippen molar-refractivity contribution in [2.24, 2.45) is 0 Å². The van der Waals surface area contributed by atoms with Gasteiger partial charge >= 0.3 is 0 Å². The zero-order valence-corrected chi connectivity index (χ0v) is 6.55. The SMILES string of the molecule is CC(C)=CN1CCCC1=O. The van der Waals surface area contributed by atoms with Crippen LogP contribution in [0.25, 0.3) is 0 Å². The van der Waals surface area contributed by atoms with Crippen molar-refractivity contribution in [3.05, 3.63) is 11.8 Å². The third kappa shape index (κ3) is 1.59. The number of likely N-dealkylation sites (tertiary alicyclic amines) is 1. The van der Waals surface area contributed by atoms with E-state index in [1.165, 1.54) is 5.57 Å². The Morgan fingerprint density at radius 2 is 2.30 bits per heavy atom. The van der Waals surface area contributed by atoms with Crippen LogP contribution in [0.15, 0.2) is 11.8 Å². The van der Waals surface area contributed by atoms with Crippen molar-refractivity contribution in [3.63, 3.8) is 0 Å². The molecule has 0 saturated carbocycles. The maximum absolute atomic E-state index is 11.0. The third-order valence-electron chi connectivity index (χ3n) is 1.52. The standard InChI is InChI=1S/C8H13NO/c1-7(2)6-9-5-3-4-8(9)10/h6H,3-5H2,1-2H3. The third-order valence-corrected chi connectivity index (χ3v) is 1.52. The molecule has 56 valence electrons. The molecule has 0 N–H and O–H groups in total. The first-order valence-electron chi connectivity index (χ1n) is 3.64. The molecule has 0 atom stereocenters. The largest absolute Gasteiger partial charge is 0.319 e. The van der Waals surface area contributed by atoms with Crippen LogP contribution in [0, 0.1) is 0 Å². The summed E-state index contributed by atoms with van der Waals surface area (Å²) in [6, 6.07) is 0. The minimum absolute atomic E-state index is 0.265. The van der Waals surface area contributed by atoms with E-state index in [2.05, 4.69) is 0 Å². The molecule has 1 aliphatic heterocycles. The predicted molar refractivity (Wildman–Crippen MR) is 40.4 cm³/mol. The summed E-state index contributed by atoms with van der Waals surface area (Å²) in [5.74, 6) is 0.265. The van der Waals surface area contributed by atoms with E-state index in [9.17, 15) is 4.79 Å². The predicted octanol–water partition coefficient (Wildman–Crippen LogP) is 1.53. The smallest absolute Gasteiger partial charge is 0.226 e. The average molecular weight is 139 g/mol. The van der Waals surface area contributed by atoms with Gasteiger partial charge in [0, 0.05) is 19.2 Å². The maximum atomic E-state index is 11.0. The number of hydrogen-bond donors (Lipinski definition) is 0. The summed E-state index contributed by atoms with van der Waals surface area (Å²) in [7, 11) is 0. The van der Waals surface area contributed by atoms with E-state index in [4.69, 9.17) is 0 Å². The van der Waals surface area contributed by atoms with Gasteiger partial charge in [0.15, 0.2) is 0 Å². The molecule has 10 heavy (non-hydrogen) atoms. The fraction of sp³-hybridized carbons (Fsp3) is 0.625. The lowest BCUT2D eigenvalue weighted by Crippen LogP contribution is -2.17. The van der Waals surface area contributed by atoms with E-state index in [1.807, 2.05) is 20.0 Å². The van der Waals surface area contributed by atoms with Crippen molar-refractivity contribution in [2.75, 3.05) is 6.54 Å². The van der Waals surface area contributed by atoms with Crippen LogP contribution >= 0.6 is 0 Å². The number of amides is 1. The Morgan fingerprint density at radius 3 is 2.70 bits per heavy atom. The fourth-order valence-corrected chi connectivity index (χ4v) is 1.12. The second-order valence-electron chi connectivity index (χ2n) is 2.90. The number of allylic oxidation sites excluding steroid dienone is 1. The normalized spacial score (nSPS) is 17.8. The maximum Gasteiger partial charge on any atom is 0.226 e. The van der Waals surface area contributed by atoms with Gasteiger partial charge in [-0.25, -0.2) is 0 Å². The molecule has 1 fully saturated rings. The lowest BCUT2D eigenvalue weighted by molar-refractivity contribution is -0.125. The molecule has 0 bridgehead atoms. The van der Waals surface area contributed by atoms with E-state index in [-0.39, 0.29) is 5.91 Å². The first-order valence-corrected chi connectivity index (χ1v) is 3.64. The van der Waals surface area contributed by atoms with Gasteiger partial charge in [0.05, 0.1) is 0 Å². The van der Waals surface area contributed by atoms with Crippen molar-refractivity contribution >= 4 is 5.91 Å². The molecule has 0 aromatic heterocycles. The van der Waals surface area contributed by atoms with Crippen molar-refractivity contribution in [1.29, 1.82) is 0 Å². The van der Waals surface area contributed by atoms with E-state index >= 15 is 0 Å². The molecular formula is C8H13NO. The van der Waals surface area contributed by atoms with Crippen LogP contribution in [0.1, 0.15) is 26.7 Å². The molecular weight excluding hydrogens is 126 g/mol. The average Bonchev–Trinajstić information content (AvgIpc) is 2.15. The Bertz CT molecular complexity index is 168. The lowest BCUT2D eigenvalue weighted by atomic mass is 10.4. The van der Waals surface area contributed by atoms with Crippen LogP contribution in [-0.2, 0) is 4.79 Å². The summed E-state index contributed by atoms with van der Waals surface area (Å²) in [5.41, 5.74) is 1.19. The highest BCUT2D eigenvalue weighted by atomic mass is 16.2. The Hall–Kier alpha value is -0.790. The zero-order chi connectivity index (χ0) is 7.56. The van der Waals surface area contributed by atoms with Crippen molar-refractivity contribution < 1.29 is 4.79 Å². The van der Waals surface area contributed by atoms with E-state index < -0.39 is 0 Å². The van der Waals surface area contributed by atoms with Crippen LogP contribution in [0.2, 0.25) is 0 Å². The summed E-state index contributed by atoms with van der Waals surface area (Å²) in [6.45, 7) is 4.92. The highest BCUT2D eigenvalue weighted by Gasteiger charge is 2.17. The molecule has 1 rings (SSSR count). The first kappa shape index (κ1) is 7.32. The second-order valence-corrected chi connectivity index (χ2v) is 2.90. The zero-order valence-electron chi connectivity index (χ0n) is 6.55. The number of rotatable bonds is 1. The molecule has 2 nitrogen and oxygen atoms in total. The van der Waals surface area contributed by atoms with Crippen LogP contribution < -0.4 is 0 Å². The lowest BCUT2D eigenvalue weighted by Gasteiger charge is -2.08. The molecule has 0 aromatic rings. The number of nitrogens with zero attached hydrogens (tertiary/aromatic N) is 1. The van der Waals surface area contributed by atoms with Gasteiger partial charge in [0.25, 0.3) is 0 Å². The summed E-state index contributed by atoms with van der Waals surface area (Å²) in [5, 5.41) is 0. The Morgan fingerprint density at radius 1 is 1.60 bits per heavy atom. The van der Waals surface area contributed by atoms with Gasteiger partial charge in [-0.15, -0.1) is 0 Å². The molecule has 2 heteroatoms. The van der Waals surface area contributed by atoms with Crippen LogP contribution in [0.4, 0.5) is 0 Å². The summed E-state index contributed by atoms with van der Waals surface area (Å²) in [6.07, 6.45) is 3.67. The summed E-state index contributed by atoms with van der Waals surface area (Å²) < 4.78 is 0. The topological polar surface area (TPSA) is 20.3 Å². The van der Waals surface area contributed by atoms with E-state index in [1.54, 1.807) is 4.90 Å². The molecule has 0 radical (unpaired) electrons. The van der Waals surface area contributed by atoms with Crippen molar-refractivity contribution in [1.82, 2.24) is 4.90 Å². The molecule has 1 amide bonds. The van der Waals surface area contributed by atoms with Gasteiger partial charge in [-0.3, -0.25) is 4.79 Å². The van der Waals surface area contributed by atoms with Gasteiger partial charge in [-0.05, 0) is 20.3 Å². The quantitative estimate of drug-likeness (QED) is 0.539. The summed E-state index contributed by atoms with van der Waals surface area (Å²) >= 11 is 0. The molecule has 1 saturated heterocycles. The number of carbonyl (C=O) groups excluding carboxylic acids is 1. The van der Waals surface area contributed by atoms with Crippen molar-refractivity contribution in [3.8, 4) is 0 Å². The Labute approximate surface area is 61.5 Å². The monoisotopic (exact) mass is 139 g/mol. The highest BCUT2D eigenvalue weighted by Crippen LogP contribution is 2.10. The highest BCUT2D eigenvalue weighted by molar-refractivity contribution is 5.79. The number of hydrogen-bond acceptors (Lipinski definition) is 1. The molecule has 1 heterocycles. The first-order chi connectivity index (χ1) is 4.70. The van der Waals surface area contributed by atoms with Gasteiger partial charge < -0.3 is 4.90 Å². The number of carbonyl (C=O) groups is 1. The molecule has 0 aliphatic carbocycles. The van der Waals surface area contributed by atoms with Gasteiger partial charge in [0.2, 0.25) is 5.91 Å². The molecule has 0 aromatic carbocycles. The Balaban J connectivity index is 2.56. The van der Waals surface area contributed by atoms with Gasteiger partial charge in [-0.2, -0.15) is 0 Å². The minimum atomic E-state index is 0.265. The molecule has 0 spiro atoms. The minimum Gasteiger partial charge on any atom is -0.319 e. The van der Waals surface area contributed by atoms with Crippen LogP contribution in [0.5, 0.6) is 0 Å². The van der Waals surface area contributed by atoms with Gasteiger partial charge in [-0.1, -0.05) is 5.57 Å². The van der Waals surface area contributed by atoms with Gasteiger partial charge in [0.1, 0.15) is 0 Å². The van der Waals surface area contributed by atoms with E-state index in [0.717, 1.165) is 19.4 Å². The summed E-state index contributed by atoms with van der Waals surface area (Å²) in [4.78, 5) is 12.8. The molecule has 1 aliphatic rings. The molecule has 0 unspecified atom stereocenters. The van der Waals surface area contributed by atoms with Crippen LogP contribution in [-0.4, -0.2) is 17.4 Å². The van der Waals surface area contributed by atoms with Crippen LogP contribution in [0.3, 0.4) is 0 Å². The Kier molecular flexibility index (Phi) is 2.10. The fourth-order valence-electron chi connectivity index (χ4n) is 1.12. The second kappa shape index (κ2) is 2.86. The van der Waals surface area contributed by atoms with Crippen molar-refractivity contribution in [2.45, 2.75) is 26.7 Å².